The van der Waals surface area contributed by atoms with Gasteiger partial charge in [-0.3, -0.25) is 14.9 Å². The third kappa shape index (κ3) is 4.03. The van der Waals surface area contributed by atoms with Crippen molar-refractivity contribution in [3.05, 3.63) is 67.6 Å². The number of Topliss-reactive ketones (excluding diaryl/α,β-unsaturated/α-hetero) is 1. The van der Waals surface area contributed by atoms with Crippen LogP contribution in [0.3, 0.4) is 0 Å². The van der Waals surface area contributed by atoms with Crippen molar-refractivity contribution in [1.82, 2.24) is 0 Å². The minimum Gasteiger partial charge on any atom is -0.484 e. The molecule has 0 saturated heterocycles. The molecule has 0 aliphatic rings. The van der Waals surface area contributed by atoms with E-state index in [0.717, 1.165) is 0 Å². The largest absolute Gasteiger partial charge is 0.484 e. The van der Waals surface area contributed by atoms with E-state index in [1.165, 1.54) is 24.3 Å². The normalized spacial score (nSPS) is 10.2. The predicted molar refractivity (Wildman–Crippen MR) is 82.1 cm³/mol. The summed E-state index contributed by atoms with van der Waals surface area (Å²) in [6.07, 6.45) is 0. The summed E-state index contributed by atoms with van der Waals surface area (Å²) in [4.78, 5) is 22.1. The number of nitrogens with zero attached hydrogens (tertiary/aromatic N) is 1. The molecule has 0 aliphatic carbocycles. The molecule has 0 unspecified atom stereocenters. The van der Waals surface area contributed by atoms with Gasteiger partial charge in [0, 0.05) is 22.7 Å². The van der Waals surface area contributed by atoms with E-state index in [2.05, 4.69) is 15.9 Å². The molecule has 7 heteroatoms. The lowest BCUT2D eigenvalue weighted by atomic mass is 10.1. The van der Waals surface area contributed by atoms with Gasteiger partial charge in [-0.25, -0.2) is 0 Å². The Morgan fingerprint density at radius 3 is 2.71 bits per heavy atom. The number of halogens is 2. The van der Waals surface area contributed by atoms with Crippen LogP contribution in [-0.2, 0) is 0 Å². The summed E-state index contributed by atoms with van der Waals surface area (Å²) >= 11 is 9.08. The maximum Gasteiger partial charge on any atom is 0.270 e. The molecule has 0 atom stereocenters. The highest BCUT2D eigenvalue weighted by Gasteiger charge is 2.13. The molecule has 0 heterocycles. The van der Waals surface area contributed by atoms with E-state index in [9.17, 15) is 14.9 Å². The van der Waals surface area contributed by atoms with E-state index in [1.54, 1.807) is 18.2 Å². The summed E-state index contributed by atoms with van der Waals surface area (Å²) in [5.41, 5.74) is 0.0998. The standard InChI is InChI=1S/C14H9BrClNO4/c15-12-7-10(16)4-5-14(12)21-8-13(18)9-2-1-3-11(6-9)17(19)20/h1-7H,8H2. The summed E-state index contributed by atoms with van der Waals surface area (Å²) < 4.78 is 6.01. The maximum atomic E-state index is 12.0. The Kier molecular flexibility index (Phi) is 4.93. The Hall–Kier alpha value is -1.92. The van der Waals surface area contributed by atoms with Crippen LogP contribution in [0.5, 0.6) is 5.75 Å². The van der Waals surface area contributed by atoms with Crippen LogP contribution < -0.4 is 4.74 Å². The fraction of sp³-hybridized carbons (Fsp3) is 0.0714. The van der Waals surface area contributed by atoms with Gasteiger partial charge in [-0.05, 0) is 34.1 Å². The number of hydrogen-bond acceptors (Lipinski definition) is 4. The van der Waals surface area contributed by atoms with Gasteiger partial charge in [0.15, 0.2) is 12.4 Å². The van der Waals surface area contributed by atoms with Gasteiger partial charge >= 0.3 is 0 Å². The van der Waals surface area contributed by atoms with Crippen LogP contribution in [0.4, 0.5) is 5.69 Å². The van der Waals surface area contributed by atoms with Gasteiger partial charge in [0.05, 0.1) is 9.40 Å². The topological polar surface area (TPSA) is 69.4 Å². The number of benzene rings is 2. The van der Waals surface area contributed by atoms with Gasteiger partial charge in [-0.1, -0.05) is 23.7 Å². The molecule has 0 bridgehead atoms. The third-order valence-electron chi connectivity index (χ3n) is 2.63. The molecule has 0 aliphatic heterocycles. The molecule has 5 nitrogen and oxygen atoms in total. The van der Waals surface area contributed by atoms with Gasteiger partial charge in [0.25, 0.3) is 5.69 Å². The number of ketones is 1. The first-order valence-corrected chi connectivity index (χ1v) is 7.00. The Morgan fingerprint density at radius 1 is 1.29 bits per heavy atom. The number of nitro groups is 1. The van der Waals surface area contributed by atoms with E-state index in [4.69, 9.17) is 16.3 Å². The van der Waals surface area contributed by atoms with Crippen LogP contribution in [0.25, 0.3) is 0 Å². The van der Waals surface area contributed by atoms with E-state index in [-0.39, 0.29) is 23.6 Å². The molecule has 0 fully saturated rings. The zero-order chi connectivity index (χ0) is 15.4. The lowest BCUT2D eigenvalue weighted by Crippen LogP contribution is -2.12. The van der Waals surface area contributed by atoms with E-state index in [1.807, 2.05) is 0 Å². The molecular weight excluding hydrogens is 362 g/mol. The molecule has 2 rings (SSSR count). The molecule has 0 saturated carbocycles. The van der Waals surface area contributed by atoms with Crippen LogP contribution in [0.2, 0.25) is 5.02 Å². The summed E-state index contributed by atoms with van der Waals surface area (Å²) in [5.74, 6) is 0.124. The van der Waals surface area contributed by atoms with Crippen LogP contribution in [0.1, 0.15) is 10.4 Å². The van der Waals surface area contributed by atoms with Crippen LogP contribution >= 0.6 is 27.5 Å². The molecule has 108 valence electrons. The van der Waals surface area contributed by atoms with Crippen molar-refractivity contribution in [2.24, 2.45) is 0 Å². The minimum atomic E-state index is -0.548. The Bertz CT molecular complexity index is 705. The van der Waals surface area contributed by atoms with Crippen LogP contribution in [0.15, 0.2) is 46.9 Å². The minimum absolute atomic E-state index is 0.131. The number of rotatable bonds is 5. The first-order chi connectivity index (χ1) is 9.97. The number of nitro benzene ring substituents is 1. The smallest absolute Gasteiger partial charge is 0.270 e. The van der Waals surface area contributed by atoms with Crippen molar-refractivity contribution in [2.45, 2.75) is 0 Å². The van der Waals surface area contributed by atoms with E-state index < -0.39 is 4.92 Å². The second kappa shape index (κ2) is 6.69. The zero-order valence-electron chi connectivity index (χ0n) is 10.6. The lowest BCUT2D eigenvalue weighted by molar-refractivity contribution is -0.384. The highest BCUT2D eigenvalue weighted by molar-refractivity contribution is 9.10. The molecule has 0 radical (unpaired) electrons. The van der Waals surface area contributed by atoms with Crippen molar-refractivity contribution < 1.29 is 14.5 Å². The van der Waals surface area contributed by atoms with Gasteiger partial charge in [0.2, 0.25) is 0 Å². The number of carbonyl (C=O) groups excluding carboxylic acids is 1. The first-order valence-electron chi connectivity index (χ1n) is 5.83. The molecule has 0 N–H and O–H groups in total. The molecule has 0 amide bonds. The van der Waals surface area contributed by atoms with Crippen molar-refractivity contribution >= 4 is 39.0 Å². The molecule has 2 aromatic rings. The van der Waals surface area contributed by atoms with Crippen molar-refractivity contribution in [2.75, 3.05) is 6.61 Å². The fourth-order valence-corrected chi connectivity index (χ4v) is 2.41. The monoisotopic (exact) mass is 369 g/mol. The molecule has 0 spiro atoms. The second-order valence-electron chi connectivity index (χ2n) is 4.09. The Balaban J connectivity index is 2.08. The SMILES string of the molecule is O=C(COc1ccc(Cl)cc1Br)c1cccc([N+](=O)[O-])c1. The predicted octanol–water partition coefficient (Wildman–Crippen LogP) is 4.27. The molecule has 0 aromatic heterocycles. The van der Waals surface area contributed by atoms with Crippen LogP contribution in [0, 0.1) is 10.1 Å². The third-order valence-corrected chi connectivity index (χ3v) is 3.49. The van der Waals surface area contributed by atoms with Crippen molar-refractivity contribution in [3.63, 3.8) is 0 Å². The van der Waals surface area contributed by atoms with Gasteiger partial charge in [0.1, 0.15) is 5.75 Å². The fourth-order valence-electron chi connectivity index (χ4n) is 1.61. The van der Waals surface area contributed by atoms with Crippen LogP contribution in [-0.4, -0.2) is 17.3 Å². The quantitative estimate of drug-likeness (QED) is 0.448. The number of carbonyl (C=O) groups is 1. The van der Waals surface area contributed by atoms with Gasteiger partial charge < -0.3 is 4.74 Å². The van der Waals surface area contributed by atoms with E-state index in [0.29, 0.717) is 15.2 Å². The summed E-state index contributed by atoms with van der Waals surface area (Å²) in [5, 5.41) is 11.2. The van der Waals surface area contributed by atoms with E-state index >= 15 is 0 Å². The highest BCUT2D eigenvalue weighted by Crippen LogP contribution is 2.28. The number of non-ortho nitro benzene ring substituents is 1. The van der Waals surface area contributed by atoms with Gasteiger partial charge in [-0.2, -0.15) is 0 Å². The number of ether oxygens (including phenoxy) is 1. The average Bonchev–Trinajstić information content (AvgIpc) is 2.46. The molecule has 21 heavy (non-hydrogen) atoms. The van der Waals surface area contributed by atoms with Crippen molar-refractivity contribution in [3.8, 4) is 5.75 Å². The van der Waals surface area contributed by atoms with Crippen molar-refractivity contribution in [1.29, 1.82) is 0 Å². The molecule has 2 aromatic carbocycles. The second-order valence-corrected chi connectivity index (χ2v) is 5.38. The number of hydrogen-bond donors (Lipinski definition) is 0. The first kappa shape index (κ1) is 15.5. The molecular formula is C14H9BrClNO4. The Morgan fingerprint density at radius 2 is 2.05 bits per heavy atom. The summed E-state index contributed by atoms with van der Waals surface area (Å²) in [7, 11) is 0. The average molecular weight is 371 g/mol. The summed E-state index contributed by atoms with van der Waals surface area (Å²) in [6, 6.07) is 10.4. The highest BCUT2D eigenvalue weighted by atomic mass is 79.9. The summed E-state index contributed by atoms with van der Waals surface area (Å²) in [6.45, 7) is -0.221. The maximum absolute atomic E-state index is 12.0. The zero-order valence-corrected chi connectivity index (χ0v) is 12.9. The van der Waals surface area contributed by atoms with Gasteiger partial charge in [-0.15, -0.1) is 0 Å². The lowest BCUT2D eigenvalue weighted by Gasteiger charge is -2.07. The Labute approximate surface area is 133 Å².